The van der Waals surface area contributed by atoms with Gasteiger partial charge in [0.25, 0.3) is 0 Å². The Hall–Kier alpha value is -3.73. The van der Waals surface area contributed by atoms with Crippen molar-refractivity contribution in [2.45, 2.75) is 44.9 Å². The number of hydrogen-bond donors (Lipinski definition) is 3. The first-order valence-corrected chi connectivity index (χ1v) is 12.2. The molecule has 36 heavy (non-hydrogen) atoms. The van der Waals surface area contributed by atoms with E-state index in [2.05, 4.69) is 50.4 Å². The Bertz CT molecular complexity index is 1290. The molecule has 184 valence electrons. The van der Waals surface area contributed by atoms with Crippen molar-refractivity contribution in [3.8, 4) is 22.3 Å². The fourth-order valence-electron chi connectivity index (χ4n) is 4.25. The summed E-state index contributed by atoms with van der Waals surface area (Å²) in [5, 5.41) is 23.6. The maximum absolute atomic E-state index is 12.0. The molecule has 4 aromatic carbocycles. The molecule has 0 radical (unpaired) electrons. The first-order chi connectivity index (χ1) is 17.2. The minimum Gasteiger partial charge on any atom is -0.480 e. The van der Waals surface area contributed by atoms with E-state index in [0.29, 0.717) is 5.56 Å². The monoisotopic (exact) mass is 479 g/mol. The van der Waals surface area contributed by atoms with Gasteiger partial charge in [0, 0.05) is 0 Å². The average Bonchev–Trinajstić information content (AvgIpc) is 2.89. The van der Waals surface area contributed by atoms with Gasteiger partial charge in [0.15, 0.2) is 0 Å². The second-order valence-corrected chi connectivity index (χ2v) is 10.2. The van der Waals surface area contributed by atoms with Crippen molar-refractivity contribution < 1.29 is 15.0 Å². The molecule has 4 aromatic rings. The van der Waals surface area contributed by atoms with Gasteiger partial charge < -0.3 is 10.2 Å². The van der Waals surface area contributed by atoms with Crippen LogP contribution in [0.3, 0.4) is 0 Å². The number of hydrogen-bond acceptors (Lipinski definition) is 3. The average molecular weight is 480 g/mol. The van der Waals surface area contributed by atoms with Crippen LogP contribution in [0.1, 0.15) is 43.7 Å². The van der Waals surface area contributed by atoms with Crippen molar-refractivity contribution in [2.75, 3.05) is 0 Å². The number of aliphatic hydroxyl groups excluding tert-OH is 1. The van der Waals surface area contributed by atoms with E-state index in [1.807, 2.05) is 72.8 Å². The Kier molecular flexibility index (Phi) is 7.68. The van der Waals surface area contributed by atoms with Crippen LogP contribution in [0.15, 0.2) is 103 Å². The Morgan fingerprint density at radius 1 is 0.750 bits per heavy atom. The van der Waals surface area contributed by atoms with Crippen LogP contribution in [0.5, 0.6) is 0 Å². The number of aliphatic hydroxyl groups is 1. The molecule has 0 spiro atoms. The maximum atomic E-state index is 12.0. The molecule has 0 bridgehead atoms. The molecular formula is C32H33NO3. The molecule has 0 saturated carbocycles. The van der Waals surface area contributed by atoms with E-state index in [1.54, 1.807) is 6.07 Å². The highest BCUT2D eigenvalue weighted by molar-refractivity contribution is 5.74. The first-order valence-electron chi connectivity index (χ1n) is 12.2. The third-order valence-electron chi connectivity index (χ3n) is 6.44. The number of benzene rings is 4. The van der Waals surface area contributed by atoms with Crippen LogP contribution in [0.4, 0.5) is 0 Å². The molecular weight excluding hydrogens is 446 g/mol. The molecule has 0 aliphatic heterocycles. The molecule has 0 heterocycles. The molecule has 4 heteroatoms. The predicted molar refractivity (Wildman–Crippen MR) is 146 cm³/mol. The van der Waals surface area contributed by atoms with E-state index in [-0.39, 0.29) is 11.8 Å². The lowest BCUT2D eigenvalue weighted by Gasteiger charge is -2.21. The molecule has 1 unspecified atom stereocenters. The Morgan fingerprint density at radius 2 is 1.31 bits per heavy atom. The summed E-state index contributed by atoms with van der Waals surface area (Å²) >= 11 is 0. The number of nitrogens with one attached hydrogen (secondary N) is 1. The predicted octanol–water partition coefficient (Wildman–Crippen LogP) is 6.59. The molecule has 2 atom stereocenters. The SMILES string of the molecule is CC(C)(C)c1ccc(-c2cccc(C(O)N[C@@H](Cc3ccc(-c4ccccc4)cc3)C(=O)O)c2)cc1. The highest BCUT2D eigenvalue weighted by Gasteiger charge is 2.22. The number of carboxylic acid groups (broad SMARTS) is 1. The fraction of sp³-hybridized carbons (Fsp3) is 0.219. The summed E-state index contributed by atoms with van der Waals surface area (Å²) in [5.74, 6) is -1.00. The van der Waals surface area contributed by atoms with Crippen molar-refractivity contribution in [1.82, 2.24) is 5.32 Å². The molecule has 0 amide bonds. The van der Waals surface area contributed by atoms with E-state index in [9.17, 15) is 15.0 Å². The first kappa shape index (κ1) is 25.4. The second kappa shape index (κ2) is 10.9. The number of rotatable bonds is 8. The van der Waals surface area contributed by atoms with Crippen LogP contribution in [-0.2, 0) is 16.6 Å². The van der Waals surface area contributed by atoms with Crippen LogP contribution >= 0.6 is 0 Å². The smallest absolute Gasteiger partial charge is 0.321 e. The minimum absolute atomic E-state index is 0.0776. The molecule has 4 rings (SSSR count). The topological polar surface area (TPSA) is 69.6 Å². The van der Waals surface area contributed by atoms with Gasteiger partial charge in [-0.2, -0.15) is 0 Å². The Balaban J connectivity index is 1.46. The molecule has 0 aliphatic rings. The zero-order valence-corrected chi connectivity index (χ0v) is 21.0. The number of carbonyl (C=O) groups is 1. The summed E-state index contributed by atoms with van der Waals surface area (Å²) in [6.07, 6.45) is -0.849. The second-order valence-electron chi connectivity index (χ2n) is 10.2. The zero-order valence-electron chi connectivity index (χ0n) is 21.0. The van der Waals surface area contributed by atoms with Crippen LogP contribution in [-0.4, -0.2) is 22.2 Å². The highest BCUT2D eigenvalue weighted by atomic mass is 16.4. The zero-order chi connectivity index (χ0) is 25.7. The van der Waals surface area contributed by atoms with Gasteiger partial charge in [0.05, 0.1) is 0 Å². The molecule has 3 N–H and O–H groups in total. The lowest BCUT2D eigenvalue weighted by atomic mass is 9.86. The van der Waals surface area contributed by atoms with Crippen molar-refractivity contribution in [3.63, 3.8) is 0 Å². The normalized spacial score (nSPS) is 13.2. The van der Waals surface area contributed by atoms with E-state index in [4.69, 9.17) is 0 Å². The molecule has 0 saturated heterocycles. The summed E-state index contributed by atoms with van der Waals surface area (Å²) in [7, 11) is 0. The third-order valence-corrected chi connectivity index (χ3v) is 6.44. The minimum atomic E-state index is -1.11. The summed E-state index contributed by atoms with van der Waals surface area (Å²) in [6.45, 7) is 6.55. The number of carboxylic acids is 1. The van der Waals surface area contributed by atoms with E-state index in [0.717, 1.165) is 27.8 Å². The van der Waals surface area contributed by atoms with Crippen LogP contribution in [0.25, 0.3) is 22.3 Å². The lowest BCUT2D eigenvalue weighted by Crippen LogP contribution is -2.40. The standard InChI is InChI=1S/C32H33NO3/c1-32(2,3)28-18-16-25(17-19-28)26-10-7-11-27(21-26)30(34)33-29(31(35)36)20-22-12-14-24(15-13-22)23-8-5-4-6-9-23/h4-19,21,29-30,33-34H,20H2,1-3H3,(H,35,36)/t29-,30?/m0/s1. The van der Waals surface area contributed by atoms with Crippen LogP contribution in [0, 0.1) is 0 Å². The fourth-order valence-corrected chi connectivity index (χ4v) is 4.25. The molecule has 0 aliphatic carbocycles. The van der Waals surface area contributed by atoms with E-state index in [1.165, 1.54) is 5.56 Å². The van der Waals surface area contributed by atoms with Crippen LogP contribution in [0.2, 0.25) is 0 Å². The van der Waals surface area contributed by atoms with Gasteiger partial charge in [-0.3, -0.25) is 10.1 Å². The third kappa shape index (κ3) is 6.28. The van der Waals surface area contributed by atoms with Gasteiger partial charge in [-0.15, -0.1) is 0 Å². The largest absolute Gasteiger partial charge is 0.480 e. The van der Waals surface area contributed by atoms with Gasteiger partial charge >= 0.3 is 5.97 Å². The lowest BCUT2D eigenvalue weighted by molar-refractivity contribution is -0.140. The van der Waals surface area contributed by atoms with Crippen molar-refractivity contribution in [2.24, 2.45) is 0 Å². The van der Waals surface area contributed by atoms with Crippen molar-refractivity contribution in [3.05, 3.63) is 120 Å². The van der Waals surface area contributed by atoms with Gasteiger partial charge in [0.2, 0.25) is 0 Å². The van der Waals surface area contributed by atoms with Crippen molar-refractivity contribution >= 4 is 5.97 Å². The summed E-state index contributed by atoms with van der Waals surface area (Å²) < 4.78 is 0. The summed E-state index contributed by atoms with van der Waals surface area (Å²) in [6, 6.07) is 33.0. The van der Waals surface area contributed by atoms with Gasteiger partial charge in [-0.25, -0.2) is 0 Å². The van der Waals surface area contributed by atoms with Crippen LogP contribution < -0.4 is 5.32 Å². The Labute approximate surface area is 213 Å². The van der Waals surface area contributed by atoms with Gasteiger partial charge in [-0.1, -0.05) is 118 Å². The molecule has 0 aromatic heterocycles. The van der Waals surface area contributed by atoms with E-state index < -0.39 is 18.2 Å². The highest BCUT2D eigenvalue weighted by Crippen LogP contribution is 2.28. The quantitative estimate of drug-likeness (QED) is 0.249. The number of aliphatic carboxylic acids is 1. The van der Waals surface area contributed by atoms with Crippen molar-refractivity contribution in [1.29, 1.82) is 0 Å². The van der Waals surface area contributed by atoms with Gasteiger partial charge in [0.1, 0.15) is 12.3 Å². The molecule has 4 nitrogen and oxygen atoms in total. The summed E-state index contributed by atoms with van der Waals surface area (Å²) in [4.78, 5) is 12.0. The maximum Gasteiger partial charge on any atom is 0.321 e. The summed E-state index contributed by atoms with van der Waals surface area (Å²) in [5.41, 5.74) is 7.04. The molecule has 0 fully saturated rings. The van der Waals surface area contributed by atoms with E-state index >= 15 is 0 Å². The van der Waals surface area contributed by atoms with Gasteiger partial charge in [-0.05, 0) is 56.8 Å². The Morgan fingerprint density at radius 3 is 1.92 bits per heavy atom.